The third-order valence-electron chi connectivity index (χ3n) is 3.48. The van der Waals surface area contributed by atoms with Crippen molar-refractivity contribution in [3.05, 3.63) is 34.1 Å². The van der Waals surface area contributed by atoms with Gasteiger partial charge in [-0.15, -0.1) is 21.5 Å². The van der Waals surface area contributed by atoms with Gasteiger partial charge in [0.05, 0.1) is 4.88 Å². The minimum atomic E-state index is 0.442. The summed E-state index contributed by atoms with van der Waals surface area (Å²) in [4.78, 5) is 6.77. The first-order valence-corrected chi connectivity index (χ1v) is 7.49. The van der Waals surface area contributed by atoms with E-state index in [9.17, 15) is 0 Å². The van der Waals surface area contributed by atoms with E-state index in [-0.39, 0.29) is 0 Å². The number of thiophene rings is 1. The number of hydrogen-bond acceptors (Lipinski definition) is 4. The summed E-state index contributed by atoms with van der Waals surface area (Å²) >= 11 is 7.69. The Balaban J connectivity index is 1.87. The Hall–Kier alpha value is -1.46. The van der Waals surface area contributed by atoms with Crippen LogP contribution < -0.4 is 0 Å². The van der Waals surface area contributed by atoms with Crippen molar-refractivity contribution in [3.8, 4) is 10.7 Å². The maximum Gasteiger partial charge on any atom is 0.179 e. The Morgan fingerprint density at radius 3 is 2.95 bits per heavy atom. The zero-order chi connectivity index (χ0) is 12.8. The number of aryl methyl sites for hydroxylation is 2. The predicted molar refractivity (Wildman–Crippen MR) is 75.7 cm³/mol. The molecule has 6 heteroatoms. The Morgan fingerprint density at radius 2 is 2.05 bits per heavy atom. The normalized spacial score (nSPS) is 14.8. The maximum absolute atomic E-state index is 5.87. The quantitative estimate of drug-likeness (QED) is 0.645. The molecule has 0 bridgehead atoms. The lowest BCUT2D eigenvalue weighted by Gasteiger charge is -2.08. The topological polar surface area (TPSA) is 43.1 Å². The molecule has 96 valence electrons. The van der Waals surface area contributed by atoms with E-state index in [1.807, 2.05) is 15.7 Å². The molecule has 19 heavy (non-hydrogen) atoms. The van der Waals surface area contributed by atoms with E-state index in [2.05, 4.69) is 21.2 Å². The van der Waals surface area contributed by atoms with Crippen molar-refractivity contribution in [2.24, 2.45) is 0 Å². The fraction of sp³-hybridized carbons (Fsp3) is 0.308. The molecule has 1 aliphatic carbocycles. The van der Waals surface area contributed by atoms with Crippen LogP contribution in [-0.4, -0.2) is 19.6 Å². The van der Waals surface area contributed by atoms with E-state index < -0.39 is 0 Å². The molecule has 0 aliphatic heterocycles. The van der Waals surface area contributed by atoms with E-state index in [4.69, 9.17) is 11.6 Å². The van der Waals surface area contributed by atoms with Gasteiger partial charge in [0, 0.05) is 10.9 Å². The average molecular weight is 291 g/mol. The summed E-state index contributed by atoms with van der Waals surface area (Å²) in [5.74, 6) is 0.860. The molecule has 0 radical (unpaired) electrons. The monoisotopic (exact) mass is 290 g/mol. The highest BCUT2D eigenvalue weighted by Gasteiger charge is 2.17. The summed E-state index contributed by atoms with van der Waals surface area (Å²) in [5, 5.41) is 8.87. The Labute approximate surface area is 119 Å². The lowest BCUT2D eigenvalue weighted by molar-refractivity contribution is 0.697. The molecule has 0 fully saturated rings. The van der Waals surface area contributed by atoms with Crippen molar-refractivity contribution >= 4 is 28.6 Å². The van der Waals surface area contributed by atoms with E-state index in [1.54, 1.807) is 12.4 Å². The summed E-state index contributed by atoms with van der Waals surface area (Å²) in [7, 11) is 0. The van der Waals surface area contributed by atoms with Crippen molar-refractivity contribution in [1.82, 2.24) is 19.6 Å². The Bertz CT molecular complexity index is 738. The van der Waals surface area contributed by atoms with Crippen LogP contribution in [0.3, 0.4) is 0 Å². The van der Waals surface area contributed by atoms with Crippen molar-refractivity contribution < 1.29 is 0 Å². The first-order chi connectivity index (χ1) is 9.31. The fourth-order valence-electron chi connectivity index (χ4n) is 2.54. The highest BCUT2D eigenvalue weighted by Crippen LogP contribution is 2.35. The molecule has 0 amide bonds. The largest absolute Gasteiger partial charge is 0.264 e. The lowest BCUT2D eigenvalue weighted by atomic mass is 9.99. The van der Waals surface area contributed by atoms with Crippen molar-refractivity contribution in [3.63, 3.8) is 0 Å². The molecule has 0 unspecified atom stereocenters. The Kier molecular flexibility index (Phi) is 2.56. The van der Waals surface area contributed by atoms with E-state index in [0.717, 1.165) is 11.5 Å². The Morgan fingerprint density at radius 1 is 1.16 bits per heavy atom. The van der Waals surface area contributed by atoms with Gasteiger partial charge in [0.25, 0.3) is 0 Å². The second-order valence-corrected chi connectivity index (χ2v) is 6.25. The van der Waals surface area contributed by atoms with Crippen LogP contribution in [0.2, 0.25) is 5.15 Å². The minimum absolute atomic E-state index is 0.442. The van der Waals surface area contributed by atoms with Crippen LogP contribution in [0.4, 0.5) is 0 Å². The predicted octanol–water partition coefficient (Wildman–Crippen LogP) is 3.39. The zero-order valence-corrected chi connectivity index (χ0v) is 11.7. The van der Waals surface area contributed by atoms with Gasteiger partial charge in [-0.3, -0.25) is 4.40 Å². The smallest absolute Gasteiger partial charge is 0.179 e. The molecule has 4 nitrogen and oxygen atoms in total. The fourth-order valence-corrected chi connectivity index (χ4v) is 3.92. The van der Waals surface area contributed by atoms with E-state index >= 15 is 0 Å². The van der Waals surface area contributed by atoms with Crippen LogP contribution in [0.25, 0.3) is 16.3 Å². The van der Waals surface area contributed by atoms with Crippen LogP contribution in [0, 0.1) is 0 Å². The van der Waals surface area contributed by atoms with Gasteiger partial charge in [0.1, 0.15) is 11.5 Å². The van der Waals surface area contributed by atoms with Gasteiger partial charge >= 0.3 is 0 Å². The molecule has 3 aromatic rings. The second-order valence-electron chi connectivity index (χ2n) is 4.73. The van der Waals surface area contributed by atoms with Gasteiger partial charge in [-0.25, -0.2) is 4.98 Å². The van der Waals surface area contributed by atoms with Gasteiger partial charge in [0.2, 0.25) is 0 Å². The summed E-state index contributed by atoms with van der Waals surface area (Å²) in [6.07, 6.45) is 6.66. The van der Waals surface area contributed by atoms with Crippen LogP contribution >= 0.6 is 22.9 Å². The van der Waals surface area contributed by atoms with Gasteiger partial charge < -0.3 is 0 Å². The lowest BCUT2D eigenvalue weighted by Crippen LogP contribution is -1.96. The molecular formula is C13H11ClN4S. The molecule has 0 saturated carbocycles. The summed E-state index contributed by atoms with van der Waals surface area (Å²) in [5.41, 5.74) is 2.21. The van der Waals surface area contributed by atoms with Crippen LogP contribution in [-0.2, 0) is 12.8 Å². The maximum atomic E-state index is 5.87. The molecular weight excluding hydrogens is 280 g/mol. The van der Waals surface area contributed by atoms with Crippen molar-refractivity contribution in [1.29, 1.82) is 0 Å². The van der Waals surface area contributed by atoms with Gasteiger partial charge in [-0.05, 0) is 37.3 Å². The molecule has 0 saturated heterocycles. The van der Waals surface area contributed by atoms with Crippen LogP contribution in [0.15, 0.2) is 18.5 Å². The number of nitrogens with zero attached hydrogens (tertiary/aromatic N) is 4. The average Bonchev–Trinajstić information content (AvgIpc) is 3.00. The highest BCUT2D eigenvalue weighted by molar-refractivity contribution is 7.15. The number of rotatable bonds is 1. The molecule has 3 aromatic heterocycles. The SMILES string of the molecule is Clc1cc2nnc(-c3cc4c(s3)CCCC4)n2cn1. The van der Waals surface area contributed by atoms with Gasteiger partial charge in [0.15, 0.2) is 11.5 Å². The molecule has 0 aromatic carbocycles. The molecule has 0 spiro atoms. The van der Waals surface area contributed by atoms with Crippen LogP contribution in [0.1, 0.15) is 23.3 Å². The highest BCUT2D eigenvalue weighted by atomic mass is 35.5. The third kappa shape index (κ3) is 1.84. The molecule has 3 heterocycles. The molecule has 0 atom stereocenters. The molecule has 0 N–H and O–H groups in total. The first kappa shape index (κ1) is 11.4. The number of hydrogen-bond donors (Lipinski definition) is 0. The van der Waals surface area contributed by atoms with Crippen molar-refractivity contribution in [2.75, 3.05) is 0 Å². The summed E-state index contributed by atoms with van der Waals surface area (Å²) in [6, 6.07) is 3.98. The second kappa shape index (κ2) is 4.28. The number of halogens is 1. The summed E-state index contributed by atoms with van der Waals surface area (Å²) < 4.78 is 1.89. The zero-order valence-electron chi connectivity index (χ0n) is 10.1. The standard InChI is InChI=1S/C13H11ClN4S/c14-11-6-12-16-17-13(18(12)7-15-11)10-5-8-3-1-2-4-9(8)19-10/h5-7H,1-4H2. The summed E-state index contributed by atoms with van der Waals surface area (Å²) in [6.45, 7) is 0. The van der Waals surface area contributed by atoms with E-state index in [1.165, 1.54) is 41.0 Å². The van der Waals surface area contributed by atoms with Gasteiger partial charge in [-0.2, -0.15) is 0 Å². The first-order valence-electron chi connectivity index (χ1n) is 6.29. The third-order valence-corrected chi connectivity index (χ3v) is 4.92. The van der Waals surface area contributed by atoms with Crippen LogP contribution in [0.5, 0.6) is 0 Å². The van der Waals surface area contributed by atoms with Gasteiger partial charge in [-0.1, -0.05) is 11.6 Å². The number of aromatic nitrogens is 4. The molecule has 1 aliphatic rings. The van der Waals surface area contributed by atoms with Crippen molar-refractivity contribution in [2.45, 2.75) is 25.7 Å². The minimum Gasteiger partial charge on any atom is -0.264 e. The van der Waals surface area contributed by atoms with E-state index in [0.29, 0.717) is 5.15 Å². The molecule has 4 rings (SSSR count). The number of fused-ring (bicyclic) bond motifs is 2.